The highest BCUT2D eigenvalue weighted by atomic mass is 35.5. The van der Waals surface area contributed by atoms with E-state index in [4.69, 9.17) is 32.4 Å². The summed E-state index contributed by atoms with van der Waals surface area (Å²) >= 11 is 5.67. The highest BCUT2D eigenvalue weighted by Crippen LogP contribution is 2.32. The number of nitrogens with zero attached hydrogens (tertiary/aromatic N) is 13. The molecule has 15 rings (SSSR count). The van der Waals surface area contributed by atoms with E-state index in [0.29, 0.717) is 43.9 Å². The summed E-state index contributed by atoms with van der Waals surface area (Å²) in [6, 6.07) is 59.5. The molecule has 10 aromatic heterocycles. The van der Waals surface area contributed by atoms with Gasteiger partial charge in [0.2, 0.25) is 29.7 Å². The van der Waals surface area contributed by atoms with Crippen molar-refractivity contribution in [3.05, 3.63) is 298 Å². The number of pyridine rings is 10. The molecule has 104 heavy (non-hydrogen) atoms. The van der Waals surface area contributed by atoms with Crippen LogP contribution in [0, 0.1) is 50.0 Å². The van der Waals surface area contributed by atoms with Gasteiger partial charge < -0.3 is 26.0 Å². The zero-order chi connectivity index (χ0) is 73.8. The number of rotatable bonds is 12. The maximum absolute atomic E-state index is 12.9. The van der Waals surface area contributed by atoms with E-state index in [-0.39, 0.29) is 16.8 Å². The van der Waals surface area contributed by atoms with Crippen LogP contribution in [-0.4, -0.2) is 96.5 Å². The van der Waals surface area contributed by atoms with Crippen molar-refractivity contribution in [1.82, 2.24) is 49.8 Å². The van der Waals surface area contributed by atoms with E-state index in [0.717, 1.165) is 104 Å². The van der Waals surface area contributed by atoms with Gasteiger partial charge in [0.1, 0.15) is 5.15 Å². The maximum Gasteiger partial charge on any atom is 0.490 e. The van der Waals surface area contributed by atoms with Crippen LogP contribution in [0.1, 0.15) is 20.8 Å². The topological polar surface area (TPSA) is 297 Å². The molecular weight excluding hydrogens is 1360 g/mol. The summed E-state index contributed by atoms with van der Waals surface area (Å²) in [5.74, 6) is -2.66. The Morgan fingerprint density at radius 1 is 0.423 bits per heavy atom. The molecule has 520 valence electrons. The van der Waals surface area contributed by atoms with Crippen LogP contribution in [0.5, 0.6) is 0 Å². The van der Waals surface area contributed by atoms with E-state index >= 15 is 0 Å². The first kappa shape index (κ1) is 73.7. The summed E-state index contributed by atoms with van der Waals surface area (Å²) in [5.41, 5.74) is 18.8. The van der Waals surface area contributed by atoms with Crippen LogP contribution in [0.4, 0.5) is 50.4 Å². The second kappa shape index (κ2) is 34.9. The quantitative estimate of drug-likeness (QED) is 0.0221. The Kier molecular flexibility index (Phi) is 24.7. The molecule has 0 radical (unpaired) electrons. The van der Waals surface area contributed by atoms with Gasteiger partial charge in [0.05, 0.1) is 71.0 Å². The number of aromatic nitrogens is 10. The Morgan fingerprint density at radius 3 is 1.18 bits per heavy atom. The van der Waals surface area contributed by atoms with Gasteiger partial charge >= 0.3 is 7.12 Å². The second-order valence-corrected chi connectivity index (χ2v) is 22.6. The van der Waals surface area contributed by atoms with Crippen LogP contribution >= 0.6 is 11.6 Å². The second-order valence-electron chi connectivity index (χ2n) is 22.2. The molecule has 0 fully saturated rings. The third-order valence-corrected chi connectivity index (χ3v) is 15.8. The lowest BCUT2D eigenvalue weighted by molar-refractivity contribution is -0.383. The normalized spacial score (nSPS) is 10.6. The predicted octanol–water partition coefficient (Wildman–Crippen LogP) is 16.2. The molecule has 0 unspecified atom stereocenters. The minimum atomic E-state index is -1.58. The maximum atomic E-state index is 12.9. The molecule has 0 amide bonds. The molecular formula is C76H60BClF5N15O6. The molecule has 0 saturated heterocycles. The molecule has 5 aromatic carbocycles. The molecule has 0 aliphatic heterocycles. The Balaban J connectivity index is 0.000000136. The first-order valence-electron chi connectivity index (χ1n) is 31.9. The van der Waals surface area contributed by atoms with Crippen LogP contribution in [0.2, 0.25) is 5.15 Å². The number of hydrogen-bond acceptors (Lipinski definition) is 19. The van der Waals surface area contributed by atoms with Crippen molar-refractivity contribution in [2.45, 2.75) is 20.8 Å². The smallest absolute Gasteiger partial charge is 0.423 e. The van der Waals surface area contributed by atoms with Crippen LogP contribution in [0.25, 0.3) is 99.5 Å². The van der Waals surface area contributed by atoms with Crippen molar-refractivity contribution >= 4 is 107 Å². The molecule has 0 atom stereocenters. The van der Waals surface area contributed by atoms with Crippen LogP contribution in [0.3, 0.4) is 0 Å². The van der Waals surface area contributed by atoms with Crippen molar-refractivity contribution in [2.75, 3.05) is 35.6 Å². The fraction of sp³-hybridized carbons (Fsp3) is 0.0789. The largest absolute Gasteiger partial charge is 0.490 e. The summed E-state index contributed by atoms with van der Waals surface area (Å²) in [7, 11) is -1.58. The fourth-order valence-electron chi connectivity index (χ4n) is 10.5. The minimum Gasteiger partial charge on any atom is -0.423 e. The molecule has 10 heterocycles. The summed E-state index contributed by atoms with van der Waals surface area (Å²) in [6.45, 7) is 9.13. The Morgan fingerprint density at radius 2 is 0.779 bits per heavy atom. The Hall–Kier alpha value is -13.0. The number of nitrogens with one attached hydrogen (secondary N) is 1. The first-order chi connectivity index (χ1) is 50.3. The lowest BCUT2D eigenvalue weighted by Gasteiger charge is -2.22. The lowest BCUT2D eigenvalue weighted by atomic mass is 9.82. The minimum absolute atomic E-state index is 0.0128. The fourth-order valence-corrected chi connectivity index (χ4v) is 10.7. The number of nitro benzene ring substituents is 2. The van der Waals surface area contributed by atoms with Crippen LogP contribution in [-0.2, 0) is 0 Å². The third kappa shape index (κ3) is 18.9. The third-order valence-electron chi connectivity index (χ3n) is 15.6. The number of hydrogen-bond donors (Lipinski definition) is 4. The predicted molar refractivity (Wildman–Crippen MR) is 396 cm³/mol. The summed E-state index contributed by atoms with van der Waals surface area (Å²) in [6.07, 6.45) is 6.92. The number of halogens is 6. The van der Waals surface area contributed by atoms with E-state index in [1.54, 1.807) is 66.7 Å². The monoisotopic (exact) mass is 1420 g/mol. The molecule has 28 heteroatoms. The van der Waals surface area contributed by atoms with Gasteiger partial charge in [0.15, 0.2) is 0 Å². The number of benzene rings is 5. The molecule has 5 N–H and O–H groups in total. The van der Waals surface area contributed by atoms with Crippen molar-refractivity contribution in [1.29, 1.82) is 0 Å². The molecule has 15 aromatic rings. The van der Waals surface area contributed by atoms with Crippen LogP contribution < -0.4 is 21.4 Å². The van der Waals surface area contributed by atoms with Gasteiger partial charge in [-0.2, -0.15) is 22.0 Å². The van der Waals surface area contributed by atoms with E-state index in [2.05, 4.69) is 88.0 Å². The number of non-ortho nitro benzene ring substituents is 2. The highest BCUT2D eigenvalue weighted by molar-refractivity contribution is 6.58. The lowest BCUT2D eigenvalue weighted by Crippen LogP contribution is -2.30. The Bertz CT molecular complexity index is 5480. The van der Waals surface area contributed by atoms with Gasteiger partial charge in [-0.3, -0.25) is 20.2 Å². The average molecular weight is 1420 g/mol. The van der Waals surface area contributed by atoms with Crippen molar-refractivity contribution < 1.29 is 41.8 Å². The molecule has 0 saturated carbocycles. The number of nitrogen functional groups attached to an aromatic ring is 1. The summed E-state index contributed by atoms with van der Waals surface area (Å²) < 4.78 is 63.4. The molecule has 0 aliphatic rings. The average Bonchev–Trinajstić information content (AvgIpc) is 0.832. The van der Waals surface area contributed by atoms with Gasteiger partial charge in [-0.15, -0.1) is 0 Å². The summed E-state index contributed by atoms with van der Waals surface area (Å²) in [5, 5.41) is 46.3. The van der Waals surface area contributed by atoms with Gasteiger partial charge in [-0.25, -0.2) is 49.8 Å². The first-order valence-corrected chi connectivity index (χ1v) is 32.3. The van der Waals surface area contributed by atoms with E-state index in [1.807, 2.05) is 78.9 Å². The molecule has 0 bridgehead atoms. The summed E-state index contributed by atoms with van der Waals surface area (Å²) in [4.78, 5) is 62.9. The zero-order valence-corrected chi connectivity index (χ0v) is 56.2. The SMILES string of the molecule is CCN(CC)c1cccc2nc(-c3ccc(F)nc3)ccc12.CCNc1cccc2nc(-c3ccc(F)nc3)ccc12.Nc1cccc2nc(-c3ccc(F)nc3)ccc12.O=[N+]([O-])c1cccc2nc(-c3ccc(F)nc3)ccc12.O=[N+]([O-])c1cccc2nc(Cl)ccc12.OB(O)c1ccc(F)nc1. The van der Waals surface area contributed by atoms with Gasteiger partial charge in [0, 0.05) is 124 Å². The highest BCUT2D eigenvalue weighted by Gasteiger charge is 2.16. The van der Waals surface area contributed by atoms with Crippen molar-refractivity contribution in [2.24, 2.45) is 0 Å². The molecule has 0 aliphatic carbocycles. The van der Waals surface area contributed by atoms with Gasteiger partial charge in [0.25, 0.3) is 11.4 Å². The van der Waals surface area contributed by atoms with E-state index in [9.17, 15) is 42.2 Å². The standard InChI is InChI=1S/C18H18FN3.C16H14FN3.C14H8FN3O2.C14H10FN3.C9H5ClN2O2.C5H5BFNO2/c1-3-22(4-2)17-7-5-6-16-14(17)9-10-15(21-16)13-8-11-18(19)20-12-13;1-2-18-14-4-3-5-15-12(14)7-8-13(20-15)11-6-9-16(17)19-10-11;15-14-7-4-9(8-16-14)11-6-5-10-12(17-11)2-1-3-13(10)18(19)20;15-14-7-4-9(8-17-14)12-6-5-10-11(16)2-1-3-13(10)18-12;10-9-5-4-6-7(11-9)2-1-3-8(6)12(13)14;7-5-2-1-4(3-8-5)6(9)10/h5-12H,3-4H2,1-2H3;3-10,18H,2H2,1H3;1-8H;1-8H,16H2;1-5H;1-3,9-10H. The number of anilines is 3. The number of nitrogens with two attached hydrogens (primary N) is 1. The Labute approximate surface area is 595 Å². The van der Waals surface area contributed by atoms with E-state index in [1.165, 1.54) is 79.0 Å². The molecule has 0 spiro atoms. The van der Waals surface area contributed by atoms with E-state index < -0.39 is 46.7 Å². The molecule has 21 nitrogen and oxygen atoms in total. The van der Waals surface area contributed by atoms with Gasteiger partial charge in [-0.05, 0) is 185 Å². The van der Waals surface area contributed by atoms with Crippen LogP contribution in [0.15, 0.2) is 243 Å². The van der Waals surface area contributed by atoms with Crippen molar-refractivity contribution in [3.63, 3.8) is 0 Å². The van der Waals surface area contributed by atoms with Crippen molar-refractivity contribution in [3.8, 4) is 45.0 Å². The number of nitro groups is 2. The van der Waals surface area contributed by atoms with Gasteiger partial charge in [-0.1, -0.05) is 48.0 Å². The number of fused-ring (bicyclic) bond motifs is 5. The zero-order valence-electron chi connectivity index (χ0n) is 55.5.